The molecule has 0 unspecified atom stereocenters. The summed E-state index contributed by atoms with van der Waals surface area (Å²) in [6, 6.07) is -0.381. The lowest BCUT2D eigenvalue weighted by Gasteiger charge is -2.38. The maximum absolute atomic E-state index is 12.6. The molecule has 1 aliphatic heterocycles. The van der Waals surface area contributed by atoms with Crippen molar-refractivity contribution >= 4 is 16.9 Å². The number of halogens is 2. The van der Waals surface area contributed by atoms with Crippen molar-refractivity contribution < 1.29 is 19.0 Å². The van der Waals surface area contributed by atoms with Gasteiger partial charge in [0.05, 0.1) is 12.1 Å². The normalized spacial score (nSPS) is 45.9. The Morgan fingerprint density at radius 1 is 1.44 bits per heavy atom. The summed E-state index contributed by atoms with van der Waals surface area (Å²) in [5.41, 5.74) is 0. The molecule has 4 nitrogen and oxygen atoms in total. The molecule has 2 fully saturated rings. The Kier molecular flexibility index (Phi) is 3.37. The fourth-order valence-corrected chi connectivity index (χ4v) is 3.52. The number of thioether (sulfide) groups is 1. The van der Waals surface area contributed by atoms with E-state index in [-0.39, 0.29) is 17.7 Å². The number of hydrogen-bond acceptors (Lipinski definition) is 4. The zero-order valence-electron chi connectivity index (χ0n) is 8.68. The summed E-state index contributed by atoms with van der Waals surface area (Å²) in [5.74, 6) is -1.15. The lowest BCUT2D eigenvalue weighted by Crippen LogP contribution is -2.56. The monoisotopic (exact) mass is 252 g/mol. The molecule has 7 heteroatoms. The fraction of sp³-hybridized carbons (Fsp3) is 0.889. The van der Waals surface area contributed by atoms with Crippen LogP contribution in [0.5, 0.6) is 0 Å². The van der Waals surface area contributed by atoms with Gasteiger partial charge in [-0.05, 0) is 6.42 Å². The first-order chi connectivity index (χ1) is 7.54. The number of hydrogen-bond donors (Lipinski definition) is 3. The van der Waals surface area contributed by atoms with Gasteiger partial charge in [-0.2, -0.15) is 0 Å². The molecule has 1 heterocycles. The molecule has 1 aliphatic carbocycles. The van der Waals surface area contributed by atoms with Gasteiger partial charge in [0.1, 0.15) is 6.10 Å². The van der Waals surface area contributed by atoms with Gasteiger partial charge in [0, 0.05) is 18.2 Å². The van der Waals surface area contributed by atoms with Crippen LogP contribution in [-0.2, 0) is 0 Å². The summed E-state index contributed by atoms with van der Waals surface area (Å²) >= 11 is 1.36. The van der Waals surface area contributed by atoms with Gasteiger partial charge in [0.15, 0.2) is 5.17 Å². The van der Waals surface area contributed by atoms with Crippen LogP contribution in [0.2, 0.25) is 0 Å². The van der Waals surface area contributed by atoms with E-state index >= 15 is 0 Å². The van der Waals surface area contributed by atoms with Gasteiger partial charge in [-0.15, -0.1) is 0 Å². The summed E-state index contributed by atoms with van der Waals surface area (Å²) in [4.78, 5) is 3.93. The van der Waals surface area contributed by atoms with Crippen molar-refractivity contribution in [3.63, 3.8) is 0 Å². The summed E-state index contributed by atoms with van der Waals surface area (Å²) in [5, 5.41) is 22.8. The number of aliphatic imine (C=N–C) groups is 1. The lowest BCUT2D eigenvalue weighted by molar-refractivity contribution is -0.0999. The van der Waals surface area contributed by atoms with Crippen LogP contribution in [0.15, 0.2) is 4.99 Å². The number of aliphatic hydroxyl groups excluding tert-OH is 2. The lowest BCUT2D eigenvalue weighted by atomic mass is 9.81. The van der Waals surface area contributed by atoms with Crippen molar-refractivity contribution in [2.24, 2.45) is 10.9 Å². The minimum Gasteiger partial charge on any atom is -0.390 e. The summed E-state index contributed by atoms with van der Waals surface area (Å²) < 4.78 is 25.3. The largest absolute Gasteiger partial charge is 0.390 e. The highest BCUT2D eigenvalue weighted by atomic mass is 32.2. The molecule has 0 aromatic heterocycles. The molecule has 1 saturated heterocycles. The van der Waals surface area contributed by atoms with Gasteiger partial charge >= 0.3 is 0 Å². The summed E-state index contributed by atoms with van der Waals surface area (Å²) in [6.45, 7) is 0. The second-order valence-electron chi connectivity index (χ2n) is 4.07. The third-order valence-electron chi connectivity index (χ3n) is 3.14. The van der Waals surface area contributed by atoms with Crippen LogP contribution in [0, 0.1) is 5.92 Å². The topological polar surface area (TPSA) is 64.9 Å². The molecule has 0 aromatic carbocycles. The Bertz CT molecular complexity index is 303. The van der Waals surface area contributed by atoms with E-state index in [1.165, 1.54) is 11.8 Å². The first kappa shape index (κ1) is 12.1. The number of nitrogens with one attached hydrogen (secondary N) is 1. The van der Waals surface area contributed by atoms with Gasteiger partial charge in [-0.3, -0.25) is 4.99 Å². The van der Waals surface area contributed by atoms with Crippen LogP contribution in [-0.4, -0.2) is 52.4 Å². The molecule has 1 saturated carbocycles. The van der Waals surface area contributed by atoms with Crippen LogP contribution in [0.25, 0.3) is 0 Å². The minimum absolute atomic E-state index is 0.143. The van der Waals surface area contributed by atoms with Crippen molar-refractivity contribution in [1.29, 1.82) is 0 Å². The summed E-state index contributed by atoms with van der Waals surface area (Å²) in [7, 11) is 1.60. The highest BCUT2D eigenvalue weighted by molar-refractivity contribution is 8.14. The van der Waals surface area contributed by atoms with Crippen molar-refractivity contribution in [3.8, 4) is 0 Å². The highest BCUT2D eigenvalue weighted by Gasteiger charge is 2.50. The van der Waals surface area contributed by atoms with Gasteiger partial charge in [0.25, 0.3) is 0 Å². The Hall–Kier alpha value is -0.400. The predicted molar refractivity (Wildman–Crippen MR) is 57.8 cm³/mol. The van der Waals surface area contributed by atoms with E-state index in [0.29, 0.717) is 5.17 Å². The SMILES string of the molecule is CN=C1N[C@@H]2[C@@H](O)[C@H](O)[C@@H](C(F)F)C[C@@H]2S1. The maximum atomic E-state index is 12.6. The number of rotatable bonds is 1. The van der Waals surface area contributed by atoms with Gasteiger partial charge in [0.2, 0.25) is 6.43 Å². The second kappa shape index (κ2) is 4.46. The minimum atomic E-state index is -2.60. The van der Waals surface area contributed by atoms with E-state index in [1.807, 2.05) is 0 Å². The molecule has 2 rings (SSSR count). The second-order valence-corrected chi connectivity index (χ2v) is 5.30. The first-order valence-electron chi connectivity index (χ1n) is 5.09. The number of fused-ring (bicyclic) bond motifs is 1. The molecule has 0 spiro atoms. The van der Waals surface area contributed by atoms with E-state index in [4.69, 9.17) is 0 Å². The number of alkyl halides is 2. The quantitative estimate of drug-likeness (QED) is 0.617. The molecule has 3 N–H and O–H groups in total. The maximum Gasteiger partial charge on any atom is 0.244 e. The van der Waals surface area contributed by atoms with E-state index in [1.54, 1.807) is 7.05 Å². The third-order valence-corrected chi connectivity index (χ3v) is 4.45. The Morgan fingerprint density at radius 3 is 2.69 bits per heavy atom. The predicted octanol–water partition coefficient (Wildman–Crippen LogP) is 0.0526. The van der Waals surface area contributed by atoms with Crippen molar-refractivity contribution in [1.82, 2.24) is 5.32 Å². The smallest absolute Gasteiger partial charge is 0.244 e. The molecular formula is C9H14F2N2O2S. The van der Waals surface area contributed by atoms with E-state index in [2.05, 4.69) is 10.3 Å². The van der Waals surface area contributed by atoms with Crippen LogP contribution in [0.4, 0.5) is 8.78 Å². The average molecular weight is 252 g/mol. The van der Waals surface area contributed by atoms with Crippen LogP contribution in [0.3, 0.4) is 0 Å². The number of nitrogens with zero attached hydrogens (tertiary/aromatic N) is 1. The third kappa shape index (κ3) is 1.91. The zero-order chi connectivity index (χ0) is 11.9. The zero-order valence-corrected chi connectivity index (χ0v) is 9.49. The van der Waals surface area contributed by atoms with Crippen molar-refractivity contribution in [2.45, 2.75) is 36.3 Å². The molecule has 2 aliphatic rings. The Balaban J connectivity index is 2.15. The molecule has 0 amide bonds. The van der Waals surface area contributed by atoms with Crippen molar-refractivity contribution in [2.75, 3.05) is 7.05 Å². The van der Waals surface area contributed by atoms with Gasteiger partial charge < -0.3 is 15.5 Å². The highest BCUT2D eigenvalue weighted by Crippen LogP contribution is 2.39. The van der Waals surface area contributed by atoms with E-state index in [9.17, 15) is 19.0 Å². The molecule has 0 aromatic rings. The molecule has 5 atom stereocenters. The molecule has 0 bridgehead atoms. The summed E-state index contributed by atoms with van der Waals surface area (Å²) in [6.07, 6.45) is -4.94. The Labute approximate surface area is 96.1 Å². The first-order valence-corrected chi connectivity index (χ1v) is 5.96. The molecule has 92 valence electrons. The molecular weight excluding hydrogens is 238 g/mol. The Morgan fingerprint density at radius 2 is 2.12 bits per heavy atom. The van der Waals surface area contributed by atoms with Crippen molar-refractivity contribution in [3.05, 3.63) is 0 Å². The molecule has 16 heavy (non-hydrogen) atoms. The van der Waals surface area contributed by atoms with Crippen LogP contribution < -0.4 is 5.32 Å². The standard InChI is InChI=1S/C9H14F2N2O2S/c1-12-9-13-5-4(16-9)2-3(8(10)11)6(14)7(5)15/h3-8,14-15H,2H2,1H3,(H,12,13)/t3-,4-,5-,6+,7+/m0/s1. The van der Waals surface area contributed by atoms with E-state index < -0.39 is 24.6 Å². The fourth-order valence-electron chi connectivity index (χ4n) is 2.23. The van der Waals surface area contributed by atoms with Crippen LogP contribution >= 0.6 is 11.8 Å². The van der Waals surface area contributed by atoms with Gasteiger partial charge in [-0.1, -0.05) is 11.8 Å². The van der Waals surface area contributed by atoms with Crippen LogP contribution in [0.1, 0.15) is 6.42 Å². The number of aliphatic hydroxyl groups is 2. The van der Waals surface area contributed by atoms with Gasteiger partial charge in [-0.25, -0.2) is 8.78 Å². The van der Waals surface area contributed by atoms with E-state index in [0.717, 1.165) is 0 Å². The average Bonchev–Trinajstić information content (AvgIpc) is 2.66. The number of amidine groups is 1. The molecule has 0 radical (unpaired) electrons.